The molecule has 70 valence electrons. The summed E-state index contributed by atoms with van der Waals surface area (Å²) in [5.74, 6) is 5.50. The highest BCUT2D eigenvalue weighted by molar-refractivity contribution is 5.89. The van der Waals surface area contributed by atoms with Crippen LogP contribution in [0.3, 0.4) is 0 Å². The van der Waals surface area contributed by atoms with E-state index in [0.717, 1.165) is 0 Å². The predicted molar refractivity (Wildman–Crippen MR) is 50.1 cm³/mol. The highest BCUT2D eigenvalue weighted by atomic mass is 16.2. The average molecular weight is 189 g/mol. The minimum absolute atomic E-state index is 0.214. The molecule has 2 rings (SSSR count). The molecule has 0 saturated carbocycles. The van der Waals surface area contributed by atoms with Gasteiger partial charge < -0.3 is 10.8 Å². The predicted octanol–water partition coefficient (Wildman–Crippen LogP) is -0.721. The quantitative estimate of drug-likeness (QED) is 0.475. The van der Waals surface area contributed by atoms with Crippen LogP contribution in [0.15, 0.2) is 6.33 Å². The topological polar surface area (TPSA) is 101 Å². The third kappa shape index (κ3) is 1.26. The van der Waals surface area contributed by atoms with E-state index in [2.05, 4.69) is 32.0 Å². The zero-order valence-corrected chi connectivity index (χ0v) is 7.15. The van der Waals surface area contributed by atoms with Crippen molar-refractivity contribution in [1.82, 2.24) is 20.2 Å². The second-order valence-corrected chi connectivity index (χ2v) is 2.52. The van der Waals surface area contributed by atoms with Crippen LogP contribution < -0.4 is 5.73 Å². The fraction of sp³-hybridized carbons (Fsp3) is 0.125. The molecule has 0 aromatic carbocycles. The molecule has 0 unspecified atom stereocenters. The van der Waals surface area contributed by atoms with Crippen LogP contribution in [0.2, 0.25) is 0 Å². The van der Waals surface area contributed by atoms with Gasteiger partial charge in [0.1, 0.15) is 24.4 Å². The molecule has 0 aliphatic heterocycles. The molecular weight excluding hydrogens is 182 g/mol. The van der Waals surface area contributed by atoms with Gasteiger partial charge in [-0.15, -0.1) is 0 Å². The van der Waals surface area contributed by atoms with Crippen LogP contribution >= 0.6 is 0 Å². The largest absolute Gasteiger partial charge is 0.384 e. The summed E-state index contributed by atoms with van der Waals surface area (Å²) in [6.45, 7) is -0.214. The Morgan fingerprint density at radius 2 is 2.36 bits per heavy atom. The molecule has 2 aromatic heterocycles. The number of nitrogens with one attached hydrogen (secondary N) is 1. The normalized spacial score (nSPS) is 9.79. The van der Waals surface area contributed by atoms with E-state index in [-0.39, 0.29) is 6.61 Å². The van der Waals surface area contributed by atoms with Gasteiger partial charge in [0, 0.05) is 0 Å². The number of rotatable bonds is 0. The lowest BCUT2D eigenvalue weighted by Gasteiger charge is -1.91. The molecule has 0 bridgehead atoms. The third-order valence-corrected chi connectivity index (χ3v) is 1.67. The molecule has 4 N–H and O–H groups in total. The molecule has 0 amide bonds. The molecule has 6 heteroatoms. The third-order valence-electron chi connectivity index (χ3n) is 1.67. The molecule has 14 heavy (non-hydrogen) atoms. The van der Waals surface area contributed by atoms with Crippen LogP contribution in [0.4, 0.5) is 5.82 Å². The number of anilines is 1. The number of hydrogen-bond donors (Lipinski definition) is 3. The van der Waals surface area contributed by atoms with Crippen molar-refractivity contribution in [3.8, 4) is 11.8 Å². The Kier molecular flexibility index (Phi) is 2.01. The van der Waals surface area contributed by atoms with Crippen molar-refractivity contribution in [2.45, 2.75) is 0 Å². The first-order valence-electron chi connectivity index (χ1n) is 3.87. The number of nitrogen functional groups attached to an aromatic ring is 1. The number of aromatic amines is 1. The van der Waals surface area contributed by atoms with E-state index < -0.39 is 0 Å². The maximum atomic E-state index is 8.54. The Morgan fingerprint density at radius 1 is 1.50 bits per heavy atom. The maximum absolute atomic E-state index is 8.54. The molecule has 0 atom stereocenters. The SMILES string of the molecule is Nc1ncnc2n[nH]c(C#CCO)c12. The van der Waals surface area contributed by atoms with Crippen molar-refractivity contribution in [3.05, 3.63) is 12.0 Å². The van der Waals surface area contributed by atoms with Gasteiger partial charge >= 0.3 is 0 Å². The zero-order valence-electron chi connectivity index (χ0n) is 7.15. The van der Waals surface area contributed by atoms with Crippen LogP contribution in [0.25, 0.3) is 11.0 Å². The van der Waals surface area contributed by atoms with Crippen molar-refractivity contribution in [2.75, 3.05) is 12.3 Å². The number of fused-ring (bicyclic) bond motifs is 1. The Labute approximate surface area is 79.2 Å². The fourth-order valence-electron chi connectivity index (χ4n) is 1.10. The van der Waals surface area contributed by atoms with Gasteiger partial charge in [-0.05, 0) is 5.92 Å². The number of aliphatic hydroxyl groups is 1. The second-order valence-electron chi connectivity index (χ2n) is 2.52. The van der Waals surface area contributed by atoms with Crippen molar-refractivity contribution >= 4 is 16.9 Å². The summed E-state index contributed by atoms with van der Waals surface area (Å²) in [4.78, 5) is 7.73. The molecule has 0 aliphatic carbocycles. The summed E-state index contributed by atoms with van der Waals surface area (Å²) in [6, 6.07) is 0. The number of aliphatic hydroxyl groups excluding tert-OH is 1. The van der Waals surface area contributed by atoms with Gasteiger partial charge in [-0.2, -0.15) is 5.10 Å². The van der Waals surface area contributed by atoms with E-state index in [9.17, 15) is 0 Å². The molecule has 0 saturated heterocycles. The van der Waals surface area contributed by atoms with E-state index in [1.165, 1.54) is 6.33 Å². The summed E-state index contributed by atoms with van der Waals surface area (Å²) >= 11 is 0. The van der Waals surface area contributed by atoms with Crippen LogP contribution in [0, 0.1) is 11.8 Å². The van der Waals surface area contributed by atoms with Crippen molar-refractivity contribution < 1.29 is 5.11 Å². The van der Waals surface area contributed by atoms with Gasteiger partial charge in [-0.25, -0.2) is 9.97 Å². The summed E-state index contributed by atoms with van der Waals surface area (Å²) in [6.07, 6.45) is 1.34. The van der Waals surface area contributed by atoms with E-state index in [4.69, 9.17) is 10.8 Å². The molecule has 0 aliphatic rings. The summed E-state index contributed by atoms with van der Waals surface area (Å²) in [5, 5.41) is 15.7. The van der Waals surface area contributed by atoms with Crippen molar-refractivity contribution in [3.63, 3.8) is 0 Å². The summed E-state index contributed by atoms with van der Waals surface area (Å²) < 4.78 is 0. The highest BCUT2D eigenvalue weighted by Crippen LogP contribution is 2.17. The molecule has 2 aromatic rings. The highest BCUT2D eigenvalue weighted by Gasteiger charge is 2.07. The monoisotopic (exact) mass is 189 g/mol. The second kappa shape index (κ2) is 3.32. The van der Waals surface area contributed by atoms with Crippen molar-refractivity contribution in [2.24, 2.45) is 0 Å². The molecule has 2 heterocycles. The van der Waals surface area contributed by atoms with Gasteiger partial charge in [-0.1, -0.05) is 5.92 Å². The van der Waals surface area contributed by atoms with E-state index in [1.54, 1.807) is 0 Å². The first-order valence-corrected chi connectivity index (χ1v) is 3.87. The first kappa shape index (κ1) is 8.47. The molecular formula is C8H7N5O. The van der Waals surface area contributed by atoms with E-state index in [1.807, 2.05) is 0 Å². The standard InChI is InChI=1S/C8H7N5O/c9-7-6-5(2-1-3-14)12-13-8(6)11-4-10-7/h4,14H,3H2,(H3,9,10,11,12,13). The van der Waals surface area contributed by atoms with Crippen LogP contribution in [-0.4, -0.2) is 31.9 Å². The van der Waals surface area contributed by atoms with Gasteiger partial charge in [0.05, 0.1) is 5.39 Å². The smallest absolute Gasteiger partial charge is 0.187 e. The number of H-pyrrole nitrogens is 1. The Hall–Kier alpha value is -2.13. The van der Waals surface area contributed by atoms with Gasteiger partial charge in [0.25, 0.3) is 0 Å². The minimum Gasteiger partial charge on any atom is -0.384 e. The van der Waals surface area contributed by atoms with E-state index in [0.29, 0.717) is 22.5 Å². The zero-order chi connectivity index (χ0) is 9.97. The Bertz CT molecular complexity index is 521. The Morgan fingerprint density at radius 3 is 3.14 bits per heavy atom. The number of nitrogens with two attached hydrogens (primary N) is 1. The minimum atomic E-state index is -0.214. The molecule has 6 nitrogen and oxygen atoms in total. The van der Waals surface area contributed by atoms with E-state index >= 15 is 0 Å². The summed E-state index contributed by atoms with van der Waals surface area (Å²) in [5.41, 5.74) is 6.62. The van der Waals surface area contributed by atoms with Crippen LogP contribution in [-0.2, 0) is 0 Å². The Balaban J connectivity index is 2.67. The average Bonchev–Trinajstić information content (AvgIpc) is 2.59. The number of aromatic nitrogens is 4. The lowest BCUT2D eigenvalue weighted by molar-refractivity contribution is 0.350. The van der Waals surface area contributed by atoms with Crippen LogP contribution in [0.5, 0.6) is 0 Å². The van der Waals surface area contributed by atoms with Gasteiger partial charge in [0.15, 0.2) is 5.65 Å². The van der Waals surface area contributed by atoms with Gasteiger partial charge in [0.2, 0.25) is 0 Å². The lowest BCUT2D eigenvalue weighted by Crippen LogP contribution is -1.92. The maximum Gasteiger partial charge on any atom is 0.187 e. The molecule has 0 spiro atoms. The lowest BCUT2D eigenvalue weighted by atomic mass is 10.3. The number of nitrogens with zero attached hydrogens (tertiary/aromatic N) is 3. The molecule has 0 fully saturated rings. The molecule has 0 radical (unpaired) electrons. The van der Waals surface area contributed by atoms with Crippen molar-refractivity contribution in [1.29, 1.82) is 0 Å². The number of hydrogen-bond acceptors (Lipinski definition) is 5. The van der Waals surface area contributed by atoms with Gasteiger partial charge in [-0.3, -0.25) is 5.10 Å². The fourth-order valence-corrected chi connectivity index (χ4v) is 1.10. The first-order chi connectivity index (χ1) is 6.83. The summed E-state index contributed by atoms with van der Waals surface area (Å²) in [7, 11) is 0. The van der Waals surface area contributed by atoms with Crippen LogP contribution in [0.1, 0.15) is 5.69 Å².